The average molecular weight is 632 g/mol. The third-order valence-corrected chi connectivity index (χ3v) is 9.77. The van der Waals surface area contributed by atoms with Gasteiger partial charge >= 0.3 is 0 Å². The molecule has 3 heterocycles. The summed E-state index contributed by atoms with van der Waals surface area (Å²) < 4.78 is 0. The van der Waals surface area contributed by atoms with E-state index in [9.17, 15) is 4.79 Å². The molecule has 0 bridgehead atoms. The van der Waals surface area contributed by atoms with E-state index in [1.807, 2.05) is 58.0 Å². The number of Topliss-reactive ketones (excluding diaryl/α,β-unsaturated/α-hetero) is 1. The second kappa shape index (κ2) is 11.9. The number of aryl methyl sites for hydroxylation is 4. The fourth-order valence-electron chi connectivity index (χ4n) is 6.67. The zero-order valence-electron chi connectivity index (χ0n) is 27.3. The van der Waals surface area contributed by atoms with Crippen LogP contribution in [0, 0.1) is 50.4 Å². The predicted molar refractivity (Wildman–Crippen MR) is 190 cm³/mol. The Kier molecular flexibility index (Phi) is 7.97. The number of nitriles is 2. The molecule has 2 aliphatic rings. The quantitative estimate of drug-likeness (QED) is 0.183. The first-order valence-corrected chi connectivity index (χ1v) is 16.1. The number of anilines is 3. The first kappa shape index (κ1) is 31.4. The Morgan fingerprint density at radius 1 is 0.745 bits per heavy atom. The third-order valence-electron chi connectivity index (χ3n) is 8.66. The minimum atomic E-state index is -0.201. The lowest BCUT2D eigenvalue weighted by atomic mass is 9.82. The molecule has 47 heavy (non-hydrogen) atoms. The van der Waals surface area contributed by atoms with Gasteiger partial charge in [0.15, 0.2) is 17.9 Å². The summed E-state index contributed by atoms with van der Waals surface area (Å²) in [7, 11) is 0. The zero-order chi connectivity index (χ0) is 33.6. The molecule has 0 unspecified atom stereocenters. The number of hydrogen-bond donors (Lipinski definition) is 0. The van der Waals surface area contributed by atoms with E-state index >= 15 is 0 Å². The monoisotopic (exact) mass is 631 g/mol. The molecule has 230 valence electrons. The highest BCUT2D eigenvalue weighted by molar-refractivity contribution is 7.16. The summed E-state index contributed by atoms with van der Waals surface area (Å²) in [6.07, 6.45) is 2.03. The van der Waals surface area contributed by atoms with Crippen molar-refractivity contribution in [2.75, 3.05) is 4.90 Å². The number of pyridine rings is 2. The van der Waals surface area contributed by atoms with E-state index in [0.29, 0.717) is 5.57 Å². The van der Waals surface area contributed by atoms with Gasteiger partial charge in [-0.15, -0.1) is 11.3 Å². The van der Waals surface area contributed by atoms with Crippen molar-refractivity contribution in [3.8, 4) is 22.6 Å². The van der Waals surface area contributed by atoms with E-state index < -0.39 is 0 Å². The summed E-state index contributed by atoms with van der Waals surface area (Å²) in [6, 6.07) is 27.9. The van der Waals surface area contributed by atoms with Crippen LogP contribution in [0.5, 0.6) is 0 Å². The molecule has 0 atom stereocenters. The van der Waals surface area contributed by atoms with Gasteiger partial charge < -0.3 is 4.90 Å². The molecule has 5 aromatic rings. The Morgan fingerprint density at radius 3 is 1.83 bits per heavy atom. The normalized spacial score (nSPS) is 14.4. The number of carbonyl (C=O) groups excluding carboxylic acids is 1. The minimum Gasteiger partial charge on any atom is -0.310 e. The number of aromatic nitrogens is 2. The Balaban J connectivity index is 0.000000915. The number of benzene rings is 2. The van der Waals surface area contributed by atoms with Crippen LogP contribution in [-0.4, -0.2) is 15.8 Å². The van der Waals surface area contributed by atoms with Crippen molar-refractivity contribution in [3.63, 3.8) is 0 Å². The smallest absolute Gasteiger partial charge is 0.194 e. The molecule has 0 N–H and O–H groups in total. The molecule has 0 radical (unpaired) electrons. The second-order valence-electron chi connectivity index (χ2n) is 12.4. The van der Waals surface area contributed by atoms with Gasteiger partial charge in [-0.05, 0) is 104 Å². The number of carbonyl (C=O) groups is 1. The van der Waals surface area contributed by atoms with Gasteiger partial charge in [0.2, 0.25) is 0 Å². The molecule has 2 aromatic carbocycles. The highest BCUT2D eigenvalue weighted by Crippen LogP contribution is 2.54. The van der Waals surface area contributed by atoms with Crippen LogP contribution in [0.2, 0.25) is 0 Å². The number of rotatable bonds is 4. The van der Waals surface area contributed by atoms with E-state index in [1.165, 1.54) is 33.7 Å². The molecule has 7 rings (SSSR count). The van der Waals surface area contributed by atoms with Crippen molar-refractivity contribution < 1.29 is 4.79 Å². The summed E-state index contributed by atoms with van der Waals surface area (Å²) in [4.78, 5) is 27.1. The number of fused-ring (bicyclic) bond motifs is 4. The molecular formula is C40H33N5OS. The van der Waals surface area contributed by atoms with Crippen LogP contribution in [0.4, 0.5) is 17.1 Å². The molecular weight excluding hydrogens is 599 g/mol. The van der Waals surface area contributed by atoms with E-state index in [0.717, 1.165) is 61.4 Å². The SMILES string of the molecule is C=C1/C(=C/c2cc3c(s2)-c2ccc(N(c4cc(C)nc(C)c4)c4cc(C)nc(C)c4)cc2C3(C)C)C(=O)c2ccccc21.N#CC#N. The highest BCUT2D eigenvalue weighted by atomic mass is 32.1. The first-order chi connectivity index (χ1) is 22.4. The Morgan fingerprint density at radius 2 is 1.30 bits per heavy atom. The van der Waals surface area contributed by atoms with Gasteiger partial charge in [-0.25, -0.2) is 0 Å². The van der Waals surface area contributed by atoms with Crippen LogP contribution in [-0.2, 0) is 5.41 Å². The van der Waals surface area contributed by atoms with Crippen LogP contribution in [0.1, 0.15) is 68.5 Å². The van der Waals surface area contributed by atoms with Crippen LogP contribution >= 0.6 is 11.3 Å². The van der Waals surface area contributed by atoms with Crippen LogP contribution < -0.4 is 4.90 Å². The van der Waals surface area contributed by atoms with Crippen molar-refractivity contribution in [1.82, 2.24) is 9.97 Å². The zero-order valence-corrected chi connectivity index (χ0v) is 28.1. The van der Waals surface area contributed by atoms with Crippen LogP contribution in [0.3, 0.4) is 0 Å². The van der Waals surface area contributed by atoms with Gasteiger partial charge in [-0.3, -0.25) is 14.8 Å². The van der Waals surface area contributed by atoms with Crippen molar-refractivity contribution in [1.29, 1.82) is 10.5 Å². The number of allylic oxidation sites excluding steroid dienone is 2. The molecule has 3 aromatic heterocycles. The topological polar surface area (TPSA) is 93.7 Å². The van der Waals surface area contributed by atoms with Crippen LogP contribution in [0.25, 0.3) is 22.1 Å². The lowest BCUT2D eigenvalue weighted by Gasteiger charge is -2.29. The first-order valence-electron chi connectivity index (χ1n) is 15.3. The molecule has 7 heteroatoms. The largest absolute Gasteiger partial charge is 0.310 e. The van der Waals surface area contributed by atoms with Gasteiger partial charge in [0.1, 0.15) is 0 Å². The maximum atomic E-state index is 13.2. The summed E-state index contributed by atoms with van der Waals surface area (Å²) in [5.74, 6) is 0.0572. The van der Waals surface area contributed by atoms with Gasteiger partial charge in [0, 0.05) is 66.1 Å². The van der Waals surface area contributed by atoms with Crippen molar-refractivity contribution in [3.05, 3.63) is 135 Å². The van der Waals surface area contributed by atoms with Gasteiger partial charge in [0.25, 0.3) is 0 Å². The maximum Gasteiger partial charge on any atom is 0.194 e. The minimum absolute atomic E-state index is 0.0572. The molecule has 6 nitrogen and oxygen atoms in total. The van der Waals surface area contributed by atoms with Crippen molar-refractivity contribution in [2.24, 2.45) is 0 Å². The molecule has 2 aliphatic carbocycles. The van der Waals surface area contributed by atoms with Gasteiger partial charge in [0.05, 0.1) is 0 Å². The van der Waals surface area contributed by atoms with Crippen molar-refractivity contribution >= 4 is 45.8 Å². The maximum absolute atomic E-state index is 13.2. The van der Waals surface area contributed by atoms with Crippen LogP contribution in [0.15, 0.2) is 84.9 Å². The fraction of sp³-hybridized carbons (Fsp3) is 0.175. The standard InChI is InChI=1S/C38H33N3OS.C2N2/c1-21-14-27(15-22(2)39-21)41(28-16-23(3)40-24(4)17-28)26-12-13-32-34(18-26)38(6,7)35-20-29(43-37(32)35)19-33-25(5)30-10-8-9-11-31(30)36(33)42;3-1-2-4/h8-20H,5H2,1-4,6-7H3;/b33-19-;. The Labute approximate surface area is 279 Å². The Bertz CT molecular complexity index is 2100. The highest BCUT2D eigenvalue weighted by Gasteiger charge is 2.38. The molecule has 0 saturated heterocycles. The summed E-state index contributed by atoms with van der Waals surface area (Å²) in [5, 5.41) is 14.5. The molecule has 0 spiro atoms. The van der Waals surface area contributed by atoms with E-state index in [4.69, 9.17) is 10.5 Å². The molecule has 0 fully saturated rings. The Hall–Kier alpha value is -5.63. The third kappa shape index (κ3) is 5.56. The lowest BCUT2D eigenvalue weighted by Crippen LogP contribution is -2.17. The molecule has 0 saturated carbocycles. The fourth-order valence-corrected chi connectivity index (χ4v) is 7.97. The molecule has 0 amide bonds. The van der Waals surface area contributed by atoms with Crippen molar-refractivity contribution in [2.45, 2.75) is 47.0 Å². The lowest BCUT2D eigenvalue weighted by molar-refractivity contribution is 0.104. The van der Waals surface area contributed by atoms with E-state index in [2.05, 4.69) is 83.8 Å². The molecule has 0 aliphatic heterocycles. The average Bonchev–Trinajstić information content (AvgIpc) is 3.62. The van der Waals surface area contributed by atoms with E-state index in [-0.39, 0.29) is 11.2 Å². The number of thiophene rings is 1. The van der Waals surface area contributed by atoms with E-state index in [1.54, 1.807) is 11.3 Å². The number of hydrogen-bond acceptors (Lipinski definition) is 7. The predicted octanol–water partition coefficient (Wildman–Crippen LogP) is 9.87. The van der Waals surface area contributed by atoms with Gasteiger partial charge in [-0.1, -0.05) is 50.8 Å². The number of nitrogens with zero attached hydrogens (tertiary/aromatic N) is 5. The number of ketones is 1. The summed E-state index contributed by atoms with van der Waals surface area (Å²) >= 11 is 1.75. The second-order valence-corrected chi connectivity index (χ2v) is 13.5. The summed E-state index contributed by atoms with van der Waals surface area (Å²) in [6.45, 7) is 17.0. The summed E-state index contributed by atoms with van der Waals surface area (Å²) in [5.41, 5.74) is 14.0. The van der Waals surface area contributed by atoms with Gasteiger partial charge in [-0.2, -0.15) is 10.5 Å².